The quantitative estimate of drug-likeness (QED) is 0.901. The van der Waals surface area contributed by atoms with Gasteiger partial charge in [-0.1, -0.05) is 0 Å². The van der Waals surface area contributed by atoms with Gasteiger partial charge >= 0.3 is 0 Å². The lowest BCUT2D eigenvalue weighted by Gasteiger charge is -2.34. The molecule has 1 fully saturated rings. The predicted octanol–water partition coefficient (Wildman–Crippen LogP) is 2.20. The summed E-state index contributed by atoms with van der Waals surface area (Å²) in [6, 6.07) is 0. The van der Waals surface area contributed by atoms with E-state index in [9.17, 15) is 4.79 Å². The largest absolute Gasteiger partial charge is 0.381 e. The number of aromatic nitrogens is 2. The summed E-state index contributed by atoms with van der Waals surface area (Å²) in [4.78, 5) is 22.7. The van der Waals surface area contributed by atoms with Crippen LogP contribution in [0.5, 0.6) is 0 Å². The summed E-state index contributed by atoms with van der Waals surface area (Å²) in [5.74, 6) is 1.88. The second-order valence-electron chi connectivity index (χ2n) is 5.60. The zero-order valence-electron chi connectivity index (χ0n) is 12.0. The molecule has 0 aromatic carbocycles. The maximum absolute atomic E-state index is 12.2. The van der Waals surface area contributed by atoms with Crippen molar-refractivity contribution in [2.24, 2.45) is 5.92 Å². The second-order valence-corrected chi connectivity index (χ2v) is 6.41. The molecule has 1 amide bonds. The Morgan fingerprint density at radius 3 is 2.90 bits per heavy atom. The number of carbonyl (C=O) groups is 1. The highest BCUT2D eigenvalue weighted by Crippen LogP contribution is 2.31. The van der Waals surface area contributed by atoms with Crippen LogP contribution in [0.15, 0.2) is 10.8 Å². The Balaban J connectivity index is 1.73. The van der Waals surface area contributed by atoms with E-state index in [0.29, 0.717) is 28.3 Å². The first-order valence-corrected chi connectivity index (χ1v) is 8.06. The summed E-state index contributed by atoms with van der Waals surface area (Å²) in [6.07, 6.45) is 6.33. The van der Waals surface area contributed by atoms with Crippen LogP contribution in [0.2, 0.25) is 0 Å². The van der Waals surface area contributed by atoms with Crippen LogP contribution in [0.25, 0.3) is 0 Å². The van der Waals surface area contributed by atoms with E-state index in [4.69, 9.17) is 4.74 Å². The molecule has 0 spiro atoms. The van der Waals surface area contributed by atoms with E-state index in [1.807, 2.05) is 0 Å². The number of anilines is 2. The number of nitrogens with one attached hydrogen (secondary N) is 1. The molecule has 2 aliphatic rings. The fourth-order valence-electron chi connectivity index (χ4n) is 3.04. The first-order chi connectivity index (χ1) is 10.2. The van der Waals surface area contributed by atoms with Gasteiger partial charge in [-0.3, -0.25) is 9.69 Å². The van der Waals surface area contributed by atoms with E-state index in [2.05, 4.69) is 31.2 Å². The van der Waals surface area contributed by atoms with Gasteiger partial charge in [0, 0.05) is 13.7 Å². The molecule has 6 nitrogen and oxygen atoms in total. The first-order valence-electron chi connectivity index (χ1n) is 7.27. The minimum Gasteiger partial charge on any atom is -0.381 e. The van der Waals surface area contributed by atoms with Gasteiger partial charge in [0.15, 0.2) is 11.6 Å². The Kier molecular flexibility index (Phi) is 4.40. The molecule has 1 aromatic heterocycles. The van der Waals surface area contributed by atoms with Gasteiger partial charge in [0.25, 0.3) is 0 Å². The van der Waals surface area contributed by atoms with Crippen LogP contribution in [-0.2, 0) is 9.53 Å². The molecular weight excluding hydrogens is 336 g/mol. The van der Waals surface area contributed by atoms with Gasteiger partial charge in [-0.15, -0.1) is 0 Å². The summed E-state index contributed by atoms with van der Waals surface area (Å²) in [7, 11) is 1.77. The smallest absolute Gasteiger partial charge is 0.247 e. The molecule has 1 aromatic rings. The molecule has 0 bridgehead atoms. The Morgan fingerprint density at radius 1 is 1.43 bits per heavy atom. The first kappa shape index (κ1) is 14.7. The highest BCUT2D eigenvalue weighted by atomic mass is 79.9. The summed E-state index contributed by atoms with van der Waals surface area (Å²) < 4.78 is 6.05. The number of hydrogen-bond donors (Lipinski definition) is 1. The fourth-order valence-corrected chi connectivity index (χ4v) is 3.31. The molecule has 21 heavy (non-hydrogen) atoms. The number of rotatable bonds is 3. The third-order valence-corrected chi connectivity index (χ3v) is 4.64. The number of ether oxygens (including phenoxy) is 1. The molecule has 1 N–H and O–H groups in total. The molecule has 2 heterocycles. The molecule has 3 rings (SSSR count). The minimum atomic E-state index is 0.0590. The third-order valence-electron chi connectivity index (χ3n) is 4.26. The lowest BCUT2D eigenvalue weighted by atomic mass is 9.87. The number of carbonyl (C=O) groups excluding carboxylic acids is 1. The van der Waals surface area contributed by atoms with Crippen LogP contribution in [-0.4, -0.2) is 42.2 Å². The van der Waals surface area contributed by atoms with Crippen LogP contribution < -0.4 is 10.2 Å². The Labute approximate surface area is 132 Å². The van der Waals surface area contributed by atoms with E-state index in [-0.39, 0.29) is 12.5 Å². The number of methoxy groups -OCH3 is 1. The normalized spacial score (nSPS) is 25.4. The van der Waals surface area contributed by atoms with E-state index in [0.717, 1.165) is 32.2 Å². The van der Waals surface area contributed by atoms with Crippen LogP contribution in [0.1, 0.15) is 25.7 Å². The van der Waals surface area contributed by atoms with Crippen molar-refractivity contribution in [2.45, 2.75) is 31.8 Å². The van der Waals surface area contributed by atoms with Gasteiger partial charge in [0.2, 0.25) is 5.91 Å². The SMILES string of the molecule is COC1CCC(CN2C(=O)CNc3ncc(Br)nc32)CC1. The van der Waals surface area contributed by atoms with Gasteiger partial charge in [0.1, 0.15) is 4.60 Å². The predicted molar refractivity (Wildman–Crippen MR) is 83.3 cm³/mol. The molecule has 1 aliphatic heterocycles. The Bertz CT molecular complexity index is 532. The van der Waals surface area contributed by atoms with Gasteiger partial charge in [-0.25, -0.2) is 9.97 Å². The molecule has 0 saturated heterocycles. The third kappa shape index (κ3) is 3.18. The van der Waals surface area contributed by atoms with Crippen molar-refractivity contribution >= 4 is 33.5 Å². The number of amides is 1. The highest BCUT2D eigenvalue weighted by Gasteiger charge is 2.30. The van der Waals surface area contributed by atoms with Crippen LogP contribution in [0.3, 0.4) is 0 Å². The summed E-state index contributed by atoms with van der Waals surface area (Å²) in [6.45, 7) is 1.01. The maximum Gasteiger partial charge on any atom is 0.247 e. The number of nitrogens with zero attached hydrogens (tertiary/aromatic N) is 3. The molecule has 0 radical (unpaired) electrons. The molecule has 1 saturated carbocycles. The molecule has 0 atom stereocenters. The van der Waals surface area contributed by atoms with Gasteiger partial charge in [-0.05, 0) is 47.5 Å². The number of halogens is 1. The van der Waals surface area contributed by atoms with Crippen molar-refractivity contribution in [1.29, 1.82) is 0 Å². The standard InChI is InChI=1S/C14H19BrN4O2/c1-21-10-4-2-9(3-5-10)8-19-12(20)7-17-13-14(19)18-11(15)6-16-13/h6,9-10H,2-5,7-8H2,1H3,(H,16,17). The lowest BCUT2D eigenvalue weighted by Crippen LogP contribution is -2.44. The molecular formula is C14H19BrN4O2. The minimum absolute atomic E-state index is 0.0590. The van der Waals surface area contributed by atoms with Crippen molar-refractivity contribution < 1.29 is 9.53 Å². The van der Waals surface area contributed by atoms with E-state index < -0.39 is 0 Å². The second kappa shape index (κ2) is 6.27. The maximum atomic E-state index is 12.2. The van der Waals surface area contributed by atoms with Crippen LogP contribution in [0, 0.1) is 5.92 Å². The molecule has 114 valence electrons. The van der Waals surface area contributed by atoms with Crippen LogP contribution in [0.4, 0.5) is 11.6 Å². The average Bonchev–Trinajstić information content (AvgIpc) is 2.51. The van der Waals surface area contributed by atoms with Crippen molar-refractivity contribution in [1.82, 2.24) is 9.97 Å². The fraction of sp³-hybridized carbons (Fsp3) is 0.643. The van der Waals surface area contributed by atoms with Crippen molar-refractivity contribution in [3.05, 3.63) is 10.8 Å². The molecule has 7 heteroatoms. The highest BCUT2D eigenvalue weighted by molar-refractivity contribution is 9.10. The Morgan fingerprint density at radius 2 is 2.19 bits per heavy atom. The van der Waals surface area contributed by atoms with Crippen molar-refractivity contribution in [2.75, 3.05) is 30.4 Å². The van der Waals surface area contributed by atoms with Gasteiger partial charge < -0.3 is 10.1 Å². The zero-order valence-corrected chi connectivity index (χ0v) is 13.6. The van der Waals surface area contributed by atoms with Gasteiger partial charge in [0.05, 0.1) is 18.8 Å². The lowest BCUT2D eigenvalue weighted by molar-refractivity contribution is -0.117. The van der Waals surface area contributed by atoms with Crippen LogP contribution >= 0.6 is 15.9 Å². The zero-order chi connectivity index (χ0) is 14.8. The summed E-state index contributed by atoms with van der Waals surface area (Å²) >= 11 is 3.32. The topological polar surface area (TPSA) is 67.3 Å². The Hall–Kier alpha value is -1.21. The van der Waals surface area contributed by atoms with Crippen molar-refractivity contribution in [3.63, 3.8) is 0 Å². The molecule has 1 aliphatic carbocycles. The number of fused-ring (bicyclic) bond motifs is 1. The summed E-state index contributed by atoms with van der Waals surface area (Å²) in [5.41, 5.74) is 0. The summed E-state index contributed by atoms with van der Waals surface area (Å²) in [5, 5.41) is 3.02. The van der Waals surface area contributed by atoms with Gasteiger partial charge in [-0.2, -0.15) is 0 Å². The van der Waals surface area contributed by atoms with E-state index in [1.54, 1.807) is 18.2 Å². The van der Waals surface area contributed by atoms with E-state index >= 15 is 0 Å². The monoisotopic (exact) mass is 354 g/mol. The number of hydrogen-bond acceptors (Lipinski definition) is 5. The van der Waals surface area contributed by atoms with E-state index in [1.165, 1.54) is 0 Å². The van der Waals surface area contributed by atoms with Crippen molar-refractivity contribution in [3.8, 4) is 0 Å². The average molecular weight is 355 g/mol. The molecule has 0 unspecified atom stereocenters.